The number of benzene rings is 1. The minimum absolute atomic E-state index is 0.0469. The van der Waals surface area contributed by atoms with Gasteiger partial charge < -0.3 is 15.2 Å². The van der Waals surface area contributed by atoms with Crippen LogP contribution in [0.25, 0.3) is 0 Å². The van der Waals surface area contributed by atoms with Crippen LogP contribution in [0.1, 0.15) is 12.5 Å². The molecule has 2 aliphatic rings. The highest BCUT2D eigenvalue weighted by Gasteiger charge is 2.59. The van der Waals surface area contributed by atoms with Crippen LogP contribution in [0, 0.1) is 11.8 Å². The van der Waals surface area contributed by atoms with E-state index in [0.29, 0.717) is 0 Å². The molecule has 8 heteroatoms. The van der Waals surface area contributed by atoms with Crippen LogP contribution in [-0.2, 0) is 20.5 Å². The molecule has 0 spiro atoms. The van der Waals surface area contributed by atoms with Crippen molar-refractivity contribution < 1.29 is 32.6 Å². The lowest BCUT2D eigenvalue weighted by molar-refractivity contribution is -0.146. The van der Waals surface area contributed by atoms with Crippen LogP contribution in [0.2, 0.25) is 0 Å². The number of rotatable bonds is 3. The lowest BCUT2D eigenvalue weighted by Gasteiger charge is -2.27. The van der Waals surface area contributed by atoms with Crippen LogP contribution < -0.4 is 5.32 Å². The molecule has 1 saturated heterocycles. The summed E-state index contributed by atoms with van der Waals surface area (Å²) in [4.78, 5) is 24.0. The normalized spacial score (nSPS) is 31.2. The fraction of sp³-hybridized carbons (Fsp3) is 0.375. The van der Waals surface area contributed by atoms with Crippen LogP contribution in [-0.4, -0.2) is 28.7 Å². The number of ether oxygens (including phenoxy) is 1. The average Bonchev–Trinajstić information content (AvgIpc) is 2.99. The molecule has 2 N–H and O–H groups in total. The number of halogens is 3. The van der Waals surface area contributed by atoms with E-state index in [1.165, 1.54) is 12.1 Å². The number of aliphatic carboxylic acids is 1. The van der Waals surface area contributed by atoms with Crippen molar-refractivity contribution in [3.8, 4) is 0 Å². The van der Waals surface area contributed by atoms with Crippen molar-refractivity contribution in [3.63, 3.8) is 0 Å². The van der Waals surface area contributed by atoms with Gasteiger partial charge in [-0.25, -0.2) is 0 Å². The van der Waals surface area contributed by atoms with Gasteiger partial charge >= 0.3 is 12.1 Å². The van der Waals surface area contributed by atoms with Gasteiger partial charge in [-0.15, -0.1) is 0 Å². The van der Waals surface area contributed by atoms with Crippen LogP contribution in [0.3, 0.4) is 0 Å². The lowest BCUT2D eigenvalue weighted by Crippen LogP contribution is -2.44. The van der Waals surface area contributed by atoms with Crippen molar-refractivity contribution in [1.29, 1.82) is 0 Å². The smallest absolute Gasteiger partial charge is 0.416 e. The first-order valence-electron chi connectivity index (χ1n) is 7.20. The molecular formula is C16H14F3NO4. The van der Waals surface area contributed by atoms with Crippen LogP contribution >= 0.6 is 0 Å². The van der Waals surface area contributed by atoms with Gasteiger partial charge in [0.15, 0.2) is 0 Å². The average molecular weight is 341 g/mol. The van der Waals surface area contributed by atoms with E-state index in [1.807, 2.05) is 0 Å². The van der Waals surface area contributed by atoms with Gasteiger partial charge in [0.2, 0.25) is 5.91 Å². The zero-order valence-electron chi connectivity index (χ0n) is 12.5. The lowest BCUT2D eigenvalue weighted by atomic mass is 9.75. The molecule has 0 aliphatic carbocycles. The Morgan fingerprint density at radius 3 is 2.67 bits per heavy atom. The first-order valence-corrected chi connectivity index (χ1v) is 7.20. The number of anilines is 1. The Balaban J connectivity index is 1.85. The number of carbonyl (C=O) groups excluding carboxylic acids is 1. The second-order valence-corrected chi connectivity index (χ2v) is 6.03. The number of alkyl halides is 3. The summed E-state index contributed by atoms with van der Waals surface area (Å²) in [6.45, 7) is 1.59. The standard InChI is InChI=1S/C16H14F3NO4/c1-15-6-5-10(24-15)11(14(22)23)12(15)13(21)20-9-4-2-3-8(7-9)16(17,18)19/h2-7,10-12H,1H3,(H,20,21)(H,22,23)/t10-,11+,12+,15+/m1/s1. The minimum atomic E-state index is -4.53. The maximum Gasteiger partial charge on any atom is 0.416 e. The third-order valence-electron chi connectivity index (χ3n) is 4.36. The summed E-state index contributed by atoms with van der Waals surface area (Å²) in [5.41, 5.74) is -2.03. The zero-order chi connectivity index (χ0) is 17.7. The van der Waals surface area contributed by atoms with Crippen LogP contribution in [0.5, 0.6) is 0 Å². The molecule has 3 rings (SSSR count). The molecule has 2 bridgehead atoms. The van der Waals surface area contributed by atoms with Gasteiger partial charge in [-0.1, -0.05) is 18.2 Å². The van der Waals surface area contributed by atoms with Crippen LogP contribution in [0.15, 0.2) is 36.4 Å². The highest BCUT2D eigenvalue weighted by molar-refractivity contribution is 5.97. The minimum Gasteiger partial charge on any atom is -0.481 e. The topological polar surface area (TPSA) is 75.6 Å². The molecule has 0 aromatic heterocycles. The molecule has 2 heterocycles. The highest BCUT2D eigenvalue weighted by atomic mass is 19.4. The molecule has 128 valence electrons. The SMILES string of the molecule is C[C@@]12C=C[C@@H](O1)[C@H](C(=O)O)[C@H]2C(=O)Nc1cccc(C(F)(F)F)c1. The van der Waals surface area contributed by atoms with E-state index in [2.05, 4.69) is 5.32 Å². The van der Waals surface area contributed by atoms with Gasteiger partial charge in [0.05, 0.1) is 23.2 Å². The number of nitrogens with one attached hydrogen (secondary N) is 1. The second-order valence-electron chi connectivity index (χ2n) is 6.03. The first kappa shape index (κ1) is 16.5. The molecule has 1 fully saturated rings. The fourth-order valence-electron chi connectivity index (χ4n) is 3.27. The van der Waals surface area contributed by atoms with E-state index < -0.39 is 47.2 Å². The molecule has 2 aliphatic heterocycles. The second kappa shape index (κ2) is 5.34. The van der Waals surface area contributed by atoms with E-state index >= 15 is 0 Å². The van der Waals surface area contributed by atoms with E-state index in [0.717, 1.165) is 12.1 Å². The van der Waals surface area contributed by atoms with E-state index in [9.17, 15) is 27.9 Å². The van der Waals surface area contributed by atoms with E-state index in [4.69, 9.17) is 4.74 Å². The largest absolute Gasteiger partial charge is 0.481 e. The summed E-state index contributed by atoms with van der Waals surface area (Å²) in [6, 6.07) is 4.18. The van der Waals surface area contributed by atoms with Crippen molar-refractivity contribution >= 4 is 17.6 Å². The Kier molecular flexibility index (Phi) is 3.67. The Morgan fingerprint density at radius 1 is 1.33 bits per heavy atom. The quantitative estimate of drug-likeness (QED) is 0.829. The molecule has 0 unspecified atom stereocenters. The van der Waals surface area contributed by atoms with Crippen molar-refractivity contribution in [2.75, 3.05) is 5.32 Å². The third-order valence-corrected chi connectivity index (χ3v) is 4.36. The molecule has 1 amide bonds. The molecule has 0 saturated carbocycles. The van der Waals surface area contributed by atoms with Gasteiger partial charge in [-0.05, 0) is 25.1 Å². The Hall–Kier alpha value is -2.35. The summed E-state index contributed by atoms with van der Waals surface area (Å²) >= 11 is 0. The predicted molar refractivity (Wildman–Crippen MR) is 77.1 cm³/mol. The molecular weight excluding hydrogens is 327 g/mol. The van der Waals surface area contributed by atoms with E-state index in [-0.39, 0.29) is 5.69 Å². The summed E-state index contributed by atoms with van der Waals surface area (Å²) < 4.78 is 43.8. The molecule has 5 nitrogen and oxygen atoms in total. The summed E-state index contributed by atoms with van der Waals surface area (Å²) in [5.74, 6) is -3.97. The Labute approximate surface area is 135 Å². The molecule has 4 atom stereocenters. The number of hydrogen-bond acceptors (Lipinski definition) is 3. The predicted octanol–water partition coefficient (Wildman–Crippen LogP) is 2.69. The number of fused-ring (bicyclic) bond motifs is 2. The van der Waals surface area contributed by atoms with Crippen molar-refractivity contribution in [1.82, 2.24) is 0 Å². The number of carbonyl (C=O) groups is 2. The number of carboxylic acids is 1. The number of carboxylic acid groups (broad SMARTS) is 1. The van der Waals surface area contributed by atoms with Crippen LogP contribution in [0.4, 0.5) is 18.9 Å². The molecule has 1 aromatic carbocycles. The maximum atomic E-state index is 12.7. The fourth-order valence-corrected chi connectivity index (χ4v) is 3.27. The zero-order valence-corrected chi connectivity index (χ0v) is 12.5. The third kappa shape index (κ3) is 2.66. The van der Waals surface area contributed by atoms with Crippen molar-refractivity contribution in [3.05, 3.63) is 42.0 Å². The number of hydrogen-bond donors (Lipinski definition) is 2. The van der Waals surface area contributed by atoms with Crippen molar-refractivity contribution in [2.24, 2.45) is 11.8 Å². The summed E-state index contributed by atoms with van der Waals surface area (Å²) in [6.07, 6.45) is -2.04. The first-order chi connectivity index (χ1) is 11.1. The molecule has 24 heavy (non-hydrogen) atoms. The molecule has 1 aromatic rings. The van der Waals surface area contributed by atoms with Crippen molar-refractivity contribution in [2.45, 2.75) is 24.8 Å². The Bertz CT molecular complexity index is 730. The van der Waals surface area contributed by atoms with Gasteiger partial charge in [0.25, 0.3) is 0 Å². The highest BCUT2D eigenvalue weighted by Crippen LogP contribution is 2.47. The number of amides is 1. The van der Waals surface area contributed by atoms with E-state index in [1.54, 1.807) is 19.1 Å². The molecule has 0 radical (unpaired) electrons. The van der Waals surface area contributed by atoms with Gasteiger partial charge in [0, 0.05) is 5.69 Å². The Morgan fingerprint density at radius 2 is 2.04 bits per heavy atom. The van der Waals surface area contributed by atoms with Gasteiger partial charge in [0.1, 0.15) is 5.92 Å². The van der Waals surface area contributed by atoms with Gasteiger partial charge in [-0.3, -0.25) is 9.59 Å². The maximum absolute atomic E-state index is 12.7. The van der Waals surface area contributed by atoms with Gasteiger partial charge in [-0.2, -0.15) is 13.2 Å². The summed E-state index contributed by atoms with van der Waals surface area (Å²) in [5, 5.41) is 11.7. The monoisotopic (exact) mass is 341 g/mol. The summed E-state index contributed by atoms with van der Waals surface area (Å²) in [7, 11) is 0.